The highest BCUT2D eigenvalue weighted by Gasteiger charge is 2.21. The second-order valence-corrected chi connectivity index (χ2v) is 3.93. The van der Waals surface area contributed by atoms with Crippen LogP contribution in [0.15, 0.2) is 24.3 Å². The predicted octanol–water partition coefficient (Wildman–Crippen LogP) is 0.861. The lowest BCUT2D eigenvalue weighted by Gasteiger charge is -2.13. The number of hydrogen-bond donors (Lipinski definition) is 1. The number of amides is 1. The molecule has 1 fully saturated rings. The van der Waals surface area contributed by atoms with Crippen molar-refractivity contribution in [1.29, 1.82) is 0 Å². The first-order chi connectivity index (χ1) is 9.29. The van der Waals surface area contributed by atoms with Gasteiger partial charge in [-0.25, -0.2) is 4.79 Å². The predicted molar refractivity (Wildman–Crippen MR) is 68.8 cm³/mol. The topological polar surface area (TPSA) is 59.0 Å². The molecule has 0 bridgehead atoms. The van der Waals surface area contributed by atoms with Crippen LogP contribution in [0.1, 0.15) is 5.56 Å². The fourth-order valence-electron chi connectivity index (χ4n) is 1.68. The summed E-state index contributed by atoms with van der Waals surface area (Å²) in [6.45, 7) is 1.88. The number of carbonyl (C=O) groups is 1. The molecule has 0 atom stereocenters. The molecule has 19 heavy (non-hydrogen) atoms. The Morgan fingerprint density at radius 3 is 2.79 bits per heavy atom. The van der Waals surface area contributed by atoms with Gasteiger partial charge in [-0.3, -0.25) is 0 Å². The van der Waals surface area contributed by atoms with Gasteiger partial charge in [0.1, 0.15) is 25.6 Å². The Hall–Kier alpha value is -2.19. The number of rotatable bonds is 4. The average molecular weight is 261 g/mol. The monoisotopic (exact) mass is 261 g/mol. The summed E-state index contributed by atoms with van der Waals surface area (Å²) in [5.41, 5.74) is 0.824. The number of ether oxygens (including phenoxy) is 2. The van der Waals surface area contributed by atoms with Crippen LogP contribution in [0, 0.1) is 11.8 Å². The molecule has 5 nitrogen and oxygen atoms in total. The van der Waals surface area contributed by atoms with E-state index < -0.39 is 0 Å². The highest BCUT2D eigenvalue weighted by molar-refractivity contribution is 5.69. The van der Waals surface area contributed by atoms with Crippen molar-refractivity contribution < 1.29 is 19.4 Å². The van der Waals surface area contributed by atoms with Crippen LogP contribution >= 0.6 is 0 Å². The minimum Gasteiger partial charge on any atom is -0.492 e. The zero-order valence-electron chi connectivity index (χ0n) is 10.5. The van der Waals surface area contributed by atoms with Crippen LogP contribution in [-0.2, 0) is 4.74 Å². The summed E-state index contributed by atoms with van der Waals surface area (Å²) in [5, 5.41) is 8.58. The lowest BCUT2D eigenvalue weighted by Crippen LogP contribution is -2.29. The largest absolute Gasteiger partial charge is 0.492 e. The molecule has 0 radical (unpaired) electrons. The van der Waals surface area contributed by atoms with Crippen LogP contribution < -0.4 is 4.74 Å². The number of cyclic esters (lactones) is 1. The second kappa shape index (κ2) is 6.66. The van der Waals surface area contributed by atoms with Gasteiger partial charge < -0.3 is 19.5 Å². The Morgan fingerprint density at radius 1 is 1.37 bits per heavy atom. The summed E-state index contributed by atoms with van der Waals surface area (Å²) < 4.78 is 10.3. The van der Waals surface area contributed by atoms with E-state index in [2.05, 4.69) is 11.8 Å². The quantitative estimate of drug-likeness (QED) is 0.817. The second-order valence-electron chi connectivity index (χ2n) is 3.93. The van der Waals surface area contributed by atoms with Gasteiger partial charge in [0.25, 0.3) is 0 Å². The fraction of sp³-hybridized carbons (Fsp3) is 0.357. The van der Waals surface area contributed by atoms with E-state index in [-0.39, 0.29) is 12.7 Å². The third-order valence-corrected chi connectivity index (χ3v) is 2.64. The number of benzene rings is 1. The van der Waals surface area contributed by atoms with Gasteiger partial charge in [-0.2, -0.15) is 0 Å². The molecule has 1 saturated heterocycles. The summed E-state index contributed by atoms with van der Waals surface area (Å²) in [6, 6.07) is 7.26. The molecule has 0 aromatic heterocycles. The third-order valence-electron chi connectivity index (χ3n) is 2.64. The van der Waals surface area contributed by atoms with Crippen LogP contribution in [0.3, 0.4) is 0 Å². The molecule has 1 N–H and O–H groups in total. The smallest absolute Gasteiger partial charge is 0.410 e. The maximum atomic E-state index is 11.2. The van der Waals surface area contributed by atoms with Crippen molar-refractivity contribution in [1.82, 2.24) is 4.90 Å². The summed E-state index contributed by atoms with van der Waals surface area (Å²) in [7, 11) is 0. The van der Waals surface area contributed by atoms with Gasteiger partial charge >= 0.3 is 6.09 Å². The molecule has 1 aromatic carbocycles. The maximum absolute atomic E-state index is 11.2. The molecular weight excluding hydrogens is 246 g/mol. The van der Waals surface area contributed by atoms with Crippen molar-refractivity contribution >= 4 is 6.09 Å². The molecule has 5 heteroatoms. The molecule has 1 heterocycles. The van der Waals surface area contributed by atoms with Gasteiger partial charge in [-0.05, 0) is 24.3 Å². The molecule has 1 aliphatic rings. The van der Waals surface area contributed by atoms with Crippen molar-refractivity contribution in [3.63, 3.8) is 0 Å². The number of nitrogens with zero attached hydrogens (tertiary/aromatic N) is 1. The van der Waals surface area contributed by atoms with Crippen LogP contribution in [-0.4, -0.2) is 49.0 Å². The third kappa shape index (κ3) is 3.90. The van der Waals surface area contributed by atoms with Gasteiger partial charge in [0.05, 0.1) is 13.1 Å². The number of aliphatic hydroxyl groups is 1. The molecular formula is C14H15NO4. The minimum absolute atomic E-state index is 0.149. The first kappa shape index (κ1) is 13.2. The average Bonchev–Trinajstić information content (AvgIpc) is 2.84. The Labute approximate surface area is 111 Å². The summed E-state index contributed by atoms with van der Waals surface area (Å²) in [5.74, 6) is 6.10. The highest BCUT2D eigenvalue weighted by Crippen LogP contribution is 2.12. The molecule has 100 valence electrons. The molecule has 1 aliphatic heterocycles. The van der Waals surface area contributed by atoms with Crippen LogP contribution in [0.4, 0.5) is 4.79 Å². The van der Waals surface area contributed by atoms with Crippen molar-refractivity contribution in [3.05, 3.63) is 29.8 Å². The first-order valence-corrected chi connectivity index (χ1v) is 6.04. The van der Waals surface area contributed by atoms with Gasteiger partial charge in [0.15, 0.2) is 0 Å². The lowest BCUT2D eigenvalue weighted by atomic mass is 10.2. The van der Waals surface area contributed by atoms with Crippen molar-refractivity contribution in [3.8, 4) is 17.6 Å². The molecule has 0 spiro atoms. The molecule has 1 amide bonds. The van der Waals surface area contributed by atoms with Crippen LogP contribution in [0.5, 0.6) is 5.75 Å². The molecule has 0 saturated carbocycles. The van der Waals surface area contributed by atoms with Crippen molar-refractivity contribution in [2.24, 2.45) is 0 Å². The van der Waals surface area contributed by atoms with E-state index in [1.54, 1.807) is 4.90 Å². The highest BCUT2D eigenvalue weighted by atomic mass is 16.6. The zero-order chi connectivity index (χ0) is 13.5. The van der Waals surface area contributed by atoms with Gasteiger partial charge in [-0.15, -0.1) is 0 Å². The van der Waals surface area contributed by atoms with E-state index in [1.165, 1.54) is 0 Å². The Morgan fingerprint density at radius 2 is 2.16 bits per heavy atom. The van der Waals surface area contributed by atoms with E-state index in [0.29, 0.717) is 26.3 Å². The van der Waals surface area contributed by atoms with E-state index in [9.17, 15) is 4.79 Å². The normalized spacial score (nSPS) is 13.7. The fourth-order valence-corrected chi connectivity index (χ4v) is 1.68. The van der Waals surface area contributed by atoms with Gasteiger partial charge in [-0.1, -0.05) is 11.8 Å². The molecule has 1 aromatic rings. The maximum Gasteiger partial charge on any atom is 0.410 e. The summed E-state index contributed by atoms with van der Waals surface area (Å²) >= 11 is 0. The Balaban J connectivity index is 1.78. The molecule has 0 unspecified atom stereocenters. The van der Waals surface area contributed by atoms with Crippen LogP contribution in [0.2, 0.25) is 0 Å². The van der Waals surface area contributed by atoms with Gasteiger partial charge in [0.2, 0.25) is 0 Å². The summed E-state index contributed by atoms with van der Waals surface area (Å²) in [4.78, 5) is 12.8. The van der Waals surface area contributed by atoms with Crippen molar-refractivity contribution in [2.45, 2.75) is 0 Å². The zero-order valence-corrected chi connectivity index (χ0v) is 10.5. The molecule has 0 aliphatic carbocycles. The number of carbonyl (C=O) groups excluding carboxylic acids is 1. The van der Waals surface area contributed by atoms with E-state index in [4.69, 9.17) is 14.6 Å². The van der Waals surface area contributed by atoms with E-state index in [1.807, 2.05) is 24.3 Å². The standard InChI is InChI=1S/C14H15NO4/c16-9-1-2-12-3-5-13(6-4-12)18-10-7-15-8-11-19-14(15)17/h3-6,16H,7-11H2. The van der Waals surface area contributed by atoms with Gasteiger partial charge in [0, 0.05) is 5.56 Å². The van der Waals surface area contributed by atoms with E-state index >= 15 is 0 Å². The number of aliphatic hydroxyl groups excluding tert-OH is 1. The Bertz CT molecular complexity index is 486. The number of hydrogen-bond acceptors (Lipinski definition) is 4. The summed E-state index contributed by atoms with van der Waals surface area (Å²) in [6.07, 6.45) is -0.279. The minimum atomic E-state index is -0.279. The Kier molecular flexibility index (Phi) is 4.65. The lowest BCUT2D eigenvalue weighted by molar-refractivity contribution is 0.153. The van der Waals surface area contributed by atoms with Crippen molar-refractivity contribution in [2.75, 3.05) is 32.9 Å². The van der Waals surface area contributed by atoms with E-state index in [0.717, 1.165) is 11.3 Å². The SMILES string of the molecule is O=C1OCCN1CCOc1ccc(C#CCO)cc1. The first-order valence-electron chi connectivity index (χ1n) is 6.04. The molecule has 2 rings (SSSR count). The van der Waals surface area contributed by atoms with Crippen LogP contribution in [0.25, 0.3) is 0 Å².